The summed E-state index contributed by atoms with van der Waals surface area (Å²) in [5, 5.41) is 12.7. The first-order valence-electron chi connectivity index (χ1n) is 6.31. The van der Waals surface area contributed by atoms with Crippen molar-refractivity contribution < 1.29 is 18.3 Å². The van der Waals surface area contributed by atoms with Gasteiger partial charge in [-0.2, -0.15) is 5.10 Å². The van der Waals surface area contributed by atoms with Crippen molar-refractivity contribution in [3.05, 3.63) is 42.2 Å². The zero-order chi connectivity index (χ0) is 15.3. The number of hydrogen-bond acceptors (Lipinski definition) is 5. The summed E-state index contributed by atoms with van der Waals surface area (Å²) in [5.74, 6) is 0.621. The van der Waals surface area contributed by atoms with Gasteiger partial charge >= 0.3 is 0 Å². The van der Waals surface area contributed by atoms with Crippen LogP contribution in [0, 0.1) is 0 Å². The number of nitrogens with one attached hydrogen (secondary N) is 1. The third-order valence-electron chi connectivity index (χ3n) is 2.89. The van der Waals surface area contributed by atoms with Crippen LogP contribution < -0.4 is 9.46 Å². The number of para-hydroxylation sites is 1. The summed E-state index contributed by atoms with van der Waals surface area (Å²) in [4.78, 5) is 0.0610. The van der Waals surface area contributed by atoms with E-state index in [1.807, 2.05) is 12.1 Å². The molecule has 0 saturated heterocycles. The number of benzene rings is 1. The van der Waals surface area contributed by atoms with Gasteiger partial charge in [0.1, 0.15) is 10.6 Å². The number of methoxy groups -OCH3 is 1. The Labute approximate surface area is 123 Å². The number of aliphatic hydroxyl groups excluding tert-OH is 1. The number of nitrogens with zero attached hydrogens (tertiary/aromatic N) is 2. The molecule has 0 aliphatic rings. The number of aliphatic hydroxyl groups is 1. The second-order valence-electron chi connectivity index (χ2n) is 4.30. The minimum Gasteiger partial charge on any atom is -0.496 e. The Bertz CT molecular complexity index is 697. The Morgan fingerprint density at radius 2 is 2.14 bits per heavy atom. The number of aromatic nitrogens is 2. The van der Waals surface area contributed by atoms with E-state index in [1.165, 1.54) is 24.2 Å². The monoisotopic (exact) mass is 311 g/mol. The fourth-order valence-electron chi connectivity index (χ4n) is 1.81. The van der Waals surface area contributed by atoms with Crippen LogP contribution in [-0.4, -0.2) is 37.0 Å². The molecule has 7 nitrogen and oxygen atoms in total. The standard InChI is InChI=1S/C13H17N3O4S/c1-20-13-5-3-2-4-11(13)8-15-21(18,19)12-9-14-16(10-12)6-7-17/h2-5,9-10,15,17H,6-8H2,1H3. The van der Waals surface area contributed by atoms with Crippen molar-refractivity contribution in [2.45, 2.75) is 18.0 Å². The number of rotatable bonds is 7. The number of sulfonamides is 1. The van der Waals surface area contributed by atoms with Crippen LogP contribution in [0.2, 0.25) is 0 Å². The Kier molecular flexibility index (Phi) is 4.94. The molecule has 0 aliphatic heterocycles. The van der Waals surface area contributed by atoms with Crippen molar-refractivity contribution >= 4 is 10.0 Å². The highest BCUT2D eigenvalue weighted by Gasteiger charge is 2.17. The predicted molar refractivity (Wildman–Crippen MR) is 76.3 cm³/mol. The van der Waals surface area contributed by atoms with Crippen LogP contribution in [0.3, 0.4) is 0 Å². The van der Waals surface area contributed by atoms with Gasteiger partial charge in [0.2, 0.25) is 10.0 Å². The predicted octanol–water partition coefficient (Wildman–Crippen LogP) is 0.362. The molecule has 0 unspecified atom stereocenters. The first-order valence-corrected chi connectivity index (χ1v) is 7.80. The molecule has 1 aromatic heterocycles. The van der Waals surface area contributed by atoms with Gasteiger partial charge < -0.3 is 9.84 Å². The molecule has 0 bridgehead atoms. The fourth-order valence-corrected chi connectivity index (χ4v) is 2.77. The normalized spacial score (nSPS) is 11.5. The third-order valence-corrected chi connectivity index (χ3v) is 4.25. The Balaban J connectivity index is 2.10. The third kappa shape index (κ3) is 3.81. The van der Waals surface area contributed by atoms with Crippen molar-refractivity contribution in [2.24, 2.45) is 0 Å². The van der Waals surface area contributed by atoms with Crippen molar-refractivity contribution in [3.63, 3.8) is 0 Å². The van der Waals surface area contributed by atoms with Crippen LogP contribution in [0.1, 0.15) is 5.56 Å². The summed E-state index contributed by atoms with van der Waals surface area (Å²) in [6.07, 6.45) is 2.63. The summed E-state index contributed by atoms with van der Waals surface area (Å²) in [6, 6.07) is 7.18. The molecule has 2 aromatic rings. The van der Waals surface area contributed by atoms with Gasteiger partial charge in [-0.25, -0.2) is 13.1 Å². The van der Waals surface area contributed by atoms with Gasteiger partial charge in [0.25, 0.3) is 0 Å². The van der Waals surface area contributed by atoms with E-state index in [9.17, 15) is 8.42 Å². The topological polar surface area (TPSA) is 93.5 Å². The van der Waals surface area contributed by atoms with Crippen molar-refractivity contribution in [3.8, 4) is 5.75 Å². The summed E-state index contributed by atoms with van der Waals surface area (Å²) in [7, 11) is -2.12. The molecule has 0 aliphatic carbocycles. The van der Waals surface area contributed by atoms with Crippen LogP contribution in [0.25, 0.3) is 0 Å². The van der Waals surface area contributed by atoms with Gasteiger partial charge in [-0.15, -0.1) is 0 Å². The molecule has 0 atom stereocenters. The Morgan fingerprint density at radius 1 is 1.38 bits per heavy atom. The lowest BCUT2D eigenvalue weighted by Crippen LogP contribution is -2.23. The minimum atomic E-state index is -3.65. The second-order valence-corrected chi connectivity index (χ2v) is 6.07. The number of ether oxygens (including phenoxy) is 1. The Hall–Kier alpha value is -1.90. The van der Waals surface area contributed by atoms with E-state index in [0.29, 0.717) is 5.75 Å². The average molecular weight is 311 g/mol. The van der Waals surface area contributed by atoms with Gasteiger partial charge in [0, 0.05) is 18.3 Å². The molecule has 114 valence electrons. The molecule has 1 aromatic carbocycles. The van der Waals surface area contributed by atoms with Gasteiger partial charge in [-0.3, -0.25) is 4.68 Å². The van der Waals surface area contributed by atoms with Gasteiger partial charge in [0.15, 0.2) is 0 Å². The minimum absolute atomic E-state index is 0.0610. The number of hydrogen-bond donors (Lipinski definition) is 2. The molecule has 0 amide bonds. The SMILES string of the molecule is COc1ccccc1CNS(=O)(=O)c1cnn(CCO)c1. The maximum atomic E-state index is 12.2. The van der Waals surface area contributed by atoms with Crippen LogP contribution >= 0.6 is 0 Å². The largest absolute Gasteiger partial charge is 0.496 e. The van der Waals surface area contributed by atoms with E-state index >= 15 is 0 Å². The smallest absolute Gasteiger partial charge is 0.243 e. The van der Waals surface area contributed by atoms with E-state index in [0.717, 1.165) is 5.56 Å². The maximum Gasteiger partial charge on any atom is 0.243 e. The average Bonchev–Trinajstić information content (AvgIpc) is 2.95. The lowest BCUT2D eigenvalue weighted by Gasteiger charge is -2.09. The van der Waals surface area contributed by atoms with E-state index < -0.39 is 10.0 Å². The van der Waals surface area contributed by atoms with E-state index in [-0.39, 0.29) is 24.6 Å². The molecule has 1 heterocycles. The van der Waals surface area contributed by atoms with Crippen molar-refractivity contribution in [2.75, 3.05) is 13.7 Å². The molecule has 0 radical (unpaired) electrons. The van der Waals surface area contributed by atoms with Crippen LogP contribution in [0.15, 0.2) is 41.6 Å². The summed E-state index contributed by atoms with van der Waals surface area (Å²) >= 11 is 0. The molecule has 0 fully saturated rings. The second kappa shape index (κ2) is 6.70. The van der Waals surface area contributed by atoms with Crippen LogP contribution in [0.4, 0.5) is 0 Å². The van der Waals surface area contributed by atoms with Gasteiger partial charge in [-0.1, -0.05) is 18.2 Å². The van der Waals surface area contributed by atoms with E-state index in [1.54, 1.807) is 12.1 Å². The first-order chi connectivity index (χ1) is 10.1. The summed E-state index contributed by atoms with van der Waals surface area (Å²) in [6.45, 7) is 0.273. The zero-order valence-electron chi connectivity index (χ0n) is 11.6. The molecule has 21 heavy (non-hydrogen) atoms. The molecular formula is C13H17N3O4S. The molecular weight excluding hydrogens is 294 g/mol. The Morgan fingerprint density at radius 3 is 2.86 bits per heavy atom. The first kappa shape index (κ1) is 15.5. The van der Waals surface area contributed by atoms with Gasteiger partial charge in [-0.05, 0) is 6.07 Å². The molecule has 0 spiro atoms. The van der Waals surface area contributed by atoms with E-state index in [2.05, 4.69) is 9.82 Å². The highest BCUT2D eigenvalue weighted by Crippen LogP contribution is 2.17. The summed E-state index contributed by atoms with van der Waals surface area (Å²) in [5.41, 5.74) is 0.742. The molecule has 2 N–H and O–H groups in total. The van der Waals surface area contributed by atoms with Crippen LogP contribution in [-0.2, 0) is 23.1 Å². The molecule has 2 rings (SSSR count). The molecule has 0 saturated carbocycles. The quantitative estimate of drug-likeness (QED) is 0.770. The fraction of sp³-hybridized carbons (Fsp3) is 0.308. The van der Waals surface area contributed by atoms with Crippen LogP contribution in [0.5, 0.6) is 5.75 Å². The van der Waals surface area contributed by atoms with Crippen molar-refractivity contribution in [1.82, 2.24) is 14.5 Å². The highest BCUT2D eigenvalue weighted by molar-refractivity contribution is 7.89. The lowest BCUT2D eigenvalue weighted by atomic mass is 10.2. The molecule has 8 heteroatoms. The zero-order valence-corrected chi connectivity index (χ0v) is 12.4. The van der Waals surface area contributed by atoms with Gasteiger partial charge in [0.05, 0.1) is 26.5 Å². The maximum absolute atomic E-state index is 12.2. The van der Waals surface area contributed by atoms with E-state index in [4.69, 9.17) is 9.84 Å². The summed E-state index contributed by atoms with van der Waals surface area (Å²) < 4.78 is 33.4. The van der Waals surface area contributed by atoms with Crippen molar-refractivity contribution in [1.29, 1.82) is 0 Å². The highest BCUT2D eigenvalue weighted by atomic mass is 32.2. The lowest BCUT2D eigenvalue weighted by molar-refractivity contribution is 0.269.